The van der Waals surface area contributed by atoms with Gasteiger partial charge in [0.25, 0.3) is 0 Å². The molecule has 5 rings (SSSR count). The minimum atomic E-state index is -0.501. The van der Waals surface area contributed by atoms with Crippen LogP contribution >= 0.6 is 22.9 Å². The molecular formula is C28H32ClN3O3S. The molecule has 190 valence electrons. The Balaban J connectivity index is 1.24. The molecule has 0 N–H and O–H groups in total. The maximum atomic E-state index is 13.0. The van der Waals surface area contributed by atoms with Crippen LogP contribution in [-0.4, -0.2) is 60.1 Å². The van der Waals surface area contributed by atoms with E-state index in [0.29, 0.717) is 26.2 Å². The predicted octanol–water partition coefficient (Wildman–Crippen LogP) is 5.74. The Morgan fingerprint density at radius 2 is 1.83 bits per heavy atom. The number of benzene rings is 2. The first-order valence-corrected chi connectivity index (χ1v) is 13.6. The van der Waals surface area contributed by atoms with Crippen LogP contribution in [0.15, 0.2) is 42.5 Å². The molecule has 0 bridgehead atoms. The van der Waals surface area contributed by atoms with E-state index in [-0.39, 0.29) is 12.0 Å². The highest BCUT2D eigenvalue weighted by Gasteiger charge is 2.29. The molecule has 3 aromatic rings. The lowest BCUT2D eigenvalue weighted by molar-refractivity contribution is -0.121. The van der Waals surface area contributed by atoms with Crippen LogP contribution in [0.1, 0.15) is 36.8 Å². The molecular weight excluding hydrogens is 494 g/mol. The van der Waals surface area contributed by atoms with Crippen molar-refractivity contribution >= 4 is 50.7 Å². The van der Waals surface area contributed by atoms with Gasteiger partial charge < -0.3 is 14.5 Å². The number of carbonyl (C=O) groups is 2. The molecule has 0 atom stereocenters. The predicted molar refractivity (Wildman–Crippen MR) is 146 cm³/mol. The van der Waals surface area contributed by atoms with Gasteiger partial charge in [-0.3, -0.25) is 9.69 Å². The first-order valence-electron chi connectivity index (χ1n) is 12.5. The third kappa shape index (κ3) is 5.53. The fraction of sp³-hybridized carbons (Fsp3) is 0.429. The lowest BCUT2D eigenvalue weighted by atomic mass is 10.0. The van der Waals surface area contributed by atoms with E-state index in [1.54, 1.807) is 16.2 Å². The lowest BCUT2D eigenvalue weighted by Crippen LogP contribution is -2.50. The number of hydrogen-bond donors (Lipinski definition) is 0. The van der Waals surface area contributed by atoms with Gasteiger partial charge in [-0.1, -0.05) is 29.8 Å². The highest BCUT2D eigenvalue weighted by Crippen LogP contribution is 2.37. The van der Waals surface area contributed by atoms with Crippen LogP contribution in [-0.2, 0) is 28.9 Å². The molecule has 0 unspecified atom stereocenters. The number of nitrogens with zero attached hydrogens (tertiary/aromatic N) is 3. The SMILES string of the molecule is CC(C)(C)OC(=O)N1CCc2c(sc3cc(N4CCN(CCc5ccc(Cl)cc5)CC4=O)ccc23)C1. The van der Waals surface area contributed by atoms with E-state index in [1.807, 2.05) is 49.9 Å². The highest BCUT2D eigenvalue weighted by atomic mass is 35.5. The van der Waals surface area contributed by atoms with Crippen molar-refractivity contribution in [2.45, 2.75) is 45.8 Å². The molecule has 1 fully saturated rings. The number of piperazine rings is 1. The summed E-state index contributed by atoms with van der Waals surface area (Å²) >= 11 is 7.70. The third-order valence-corrected chi connectivity index (χ3v) is 8.15. The highest BCUT2D eigenvalue weighted by molar-refractivity contribution is 7.19. The number of hydrogen-bond acceptors (Lipinski definition) is 5. The van der Waals surface area contributed by atoms with E-state index < -0.39 is 5.60 Å². The van der Waals surface area contributed by atoms with Gasteiger partial charge in [0.2, 0.25) is 5.91 Å². The van der Waals surface area contributed by atoms with Gasteiger partial charge >= 0.3 is 6.09 Å². The average molecular weight is 526 g/mol. The van der Waals surface area contributed by atoms with Gasteiger partial charge in [-0.15, -0.1) is 11.3 Å². The zero-order valence-corrected chi connectivity index (χ0v) is 22.6. The van der Waals surface area contributed by atoms with E-state index in [1.165, 1.54) is 26.1 Å². The second-order valence-electron chi connectivity index (χ2n) is 10.5. The summed E-state index contributed by atoms with van der Waals surface area (Å²) in [6.07, 6.45) is 1.46. The van der Waals surface area contributed by atoms with Crippen molar-refractivity contribution in [2.75, 3.05) is 37.6 Å². The van der Waals surface area contributed by atoms with E-state index >= 15 is 0 Å². The molecule has 2 amide bonds. The van der Waals surface area contributed by atoms with E-state index in [4.69, 9.17) is 16.3 Å². The summed E-state index contributed by atoms with van der Waals surface area (Å²) in [5.41, 5.74) is 3.00. The molecule has 36 heavy (non-hydrogen) atoms. The number of fused-ring (bicyclic) bond motifs is 3. The van der Waals surface area contributed by atoms with Gasteiger partial charge in [0, 0.05) is 46.5 Å². The molecule has 6 nitrogen and oxygen atoms in total. The van der Waals surface area contributed by atoms with Crippen molar-refractivity contribution in [3.8, 4) is 0 Å². The number of ether oxygens (including phenoxy) is 1. The zero-order valence-electron chi connectivity index (χ0n) is 21.1. The summed E-state index contributed by atoms with van der Waals surface area (Å²) in [5, 5.41) is 1.98. The number of carbonyl (C=O) groups excluding carboxylic acids is 2. The van der Waals surface area contributed by atoms with Crippen LogP contribution in [0, 0.1) is 0 Å². The van der Waals surface area contributed by atoms with Crippen LogP contribution < -0.4 is 4.90 Å². The standard InChI is InChI=1S/C28H32ClN3O3S/c1-28(2,3)35-27(34)31-13-11-23-22-9-8-21(16-24(22)36-25(23)17-31)32-15-14-30(18-26(32)33)12-10-19-4-6-20(29)7-5-19/h4-9,16H,10-15,17-18H2,1-3H3. The van der Waals surface area contributed by atoms with E-state index in [0.717, 1.165) is 36.6 Å². The first-order chi connectivity index (χ1) is 17.2. The number of halogens is 1. The maximum absolute atomic E-state index is 13.0. The summed E-state index contributed by atoms with van der Waals surface area (Å²) in [6.45, 7) is 9.72. The minimum Gasteiger partial charge on any atom is -0.444 e. The average Bonchev–Trinajstić information content (AvgIpc) is 3.19. The van der Waals surface area contributed by atoms with Crippen LogP contribution in [0.25, 0.3) is 10.1 Å². The third-order valence-electron chi connectivity index (χ3n) is 6.72. The normalized spacial score (nSPS) is 16.9. The van der Waals surface area contributed by atoms with Crippen molar-refractivity contribution in [3.63, 3.8) is 0 Å². The van der Waals surface area contributed by atoms with Crippen LogP contribution in [0.5, 0.6) is 0 Å². The fourth-order valence-electron chi connectivity index (χ4n) is 4.86. The van der Waals surface area contributed by atoms with Gasteiger partial charge in [-0.25, -0.2) is 4.79 Å². The summed E-state index contributed by atoms with van der Waals surface area (Å²) in [6, 6.07) is 14.3. The molecule has 1 aromatic heterocycles. The largest absolute Gasteiger partial charge is 0.444 e. The Labute approximate surface area is 221 Å². The molecule has 0 spiro atoms. The number of anilines is 1. The zero-order chi connectivity index (χ0) is 25.4. The maximum Gasteiger partial charge on any atom is 0.410 e. The topological polar surface area (TPSA) is 53.1 Å². The number of thiophene rings is 1. The van der Waals surface area contributed by atoms with Crippen LogP contribution in [0.4, 0.5) is 10.5 Å². The molecule has 2 aliphatic rings. The van der Waals surface area contributed by atoms with Gasteiger partial charge in [0.1, 0.15) is 5.60 Å². The van der Waals surface area contributed by atoms with Crippen molar-refractivity contribution in [2.24, 2.45) is 0 Å². The second kappa shape index (κ2) is 10.0. The molecule has 1 saturated heterocycles. The first kappa shape index (κ1) is 25.1. The summed E-state index contributed by atoms with van der Waals surface area (Å²) in [4.78, 5) is 32.7. The monoisotopic (exact) mass is 525 g/mol. The summed E-state index contributed by atoms with van der Waals surface area (Å²) in [7, 11) is 0. The Bertz CT molecular complexity index is 1280. The van der Waals surface area contributed by atoms with Crippen LogP contribution in [0.2, 0.25) is 5.02 Å². The Kier molecular flexibility index (Phi) is 6.99. The van der Waals surface area contributed by atoms with Crippen molar-refractivity contribution in [1.29, 1.82) is 0 Å². The van der Waals surface area contributed by atoms with E-state index in [2.05, 4.69) is 23.1 Å². The van der Waals surface area contributed by atoms with Crippen LogP contribution in [0.3, 0.4) is 0 Å². The van der Waals surface area contributed by atoms with Gasteiger partial charge in [0.15, 0.2) is 0 Å². The number of amides is 2. The quantitative estimate of drug-likeness (QED) is 0.436. The summed E-state index contributed by atoms with van der Waals surface area (Å²) in [5.74, 6) is 0.133. The molecule has 3 heterocycles. The Hall–Kier alpha value is -2.61. The fourth-order valence-corrected chi connectivity index (χ4v) is 6.29. The molecule has 0 aliphatic carbocycles. The van der Waals surface area contributed by atoms with Gasteiger partial charge in [-0.05, 0) is 74.4 Å². The molecule has 0 radical (unpaired) electrons. The molecule has 8 heteroatoms. The molecule has 2 aromatic carbocycles. The van der Waals surface area contributed by atoms with Crippen molar-refractivity contribution < 1.29 is 14.3 Å². The minimum absolute atomic E-state index is 0.133. The lowest BCUT2D eigenvalue weighted by Gasteiger charge is -2.34. The van der Waals surface area contributed by atoms with Crippen molar-refractivity contribution in [1.82, 2.24) is 9.80 Å². The number of rotatable bonds is 4. The smallest absolute Gasteiger partial charge is 0.410 e. The Morgan fingerprint density at radius 1 is 1.06 bits per heavy atom. The van der Waals surface area contributed by atoms with E-state index in [9.17, 15) is 9.59 Å². The molecule has 2 aliphatic heterocycles. The second-order valence-corrected chi connectivity index (χ2v) is 12.1. The molecule has 0 saturated carbocycles. The van der Waals surface area contributed by atoms with Gasteiger partial charge in [-0.2, -0.15) is 0 Å². The Morgan fingerprint density at radius 3 is 2.56 bits per heavy atom. The van der Waals surface area contributed by atoms with Gasteiger partial charge in [0.05, 0.1) is 13.1 Å². The van der Waals surface area contributed by atoms with Crippen molar-refractivity contribution in [3.05, 3.63) is 63.5 Å². The summed E-state index contributed by atoms with van der Waals surface area (Å²) < 4.78 is 6.74.